The summed E-state index contributed by atoms with van der Waals surface area (Å²) in [5, 5.41) is 34.0. The minimum atomic E-state index is -5.49. The maximum atomic E-state index is 14.5. The van der Waals surface area contributed by atoms with Gasteiger partial charge in [-0.15, -0.1) is 0 Å². The second-order valence-electron chi connectivity index (χ2n) is 13.9. The SMILES string of the molecule is Cc1ccc(-c2ccc(NC(=O)c3cc(C(=O)Nc4ccc(-c5ccc(NC(=O)/C=C\C(=O)O)cc5C(F)(F)F)c(C(F)(F)F)c4)c(C(=O)O)cc3C(=O)O)cc2C(F)(F)F)c(C(F)(F)F)c1. The van der Waals surface area contributed by atoms with E-state index in [4.69, 9.17) is 5.11 Å². The van der Waals surface area contributed by atoms with Crippen LogP contribution in [-0.4, -0.2) is 50.9 Å². The average molecular weight is 956 g/mol. The number of hydrogen-bond acceptors (Lipinski definition) is 6. The lowest BCUT2D eigenvalue weighted by atomic mass is 9.93. The molecule has 350 valence electrons. The van der Waals surface area contributed by atoms with Gasteiger partial charge in [-0.2, -0.15) is 52.7 Å². The molecular weight excluding hydrogens is 930 g/mol. The number of halogens is 12. The molecule has 0 aliphatic rings. The maximum absolute atomic E-state index is 14.5. The molecule has 0 saturated carbocycles. The molecule has 0 unspecified atom stereocenters. The number of alkyl halides is 12. The highest BCUT2D eigenvalue weighted by Gasteiger charge is 2.41. The van der Waals surface area contributed by atoms with E-state index in [-0.39, 0.29) is 29.8 Å². The van der Waals surface area contributed by atoms with Crippen LogP contribution in [0.3, 0.4) is 0 Å². The van der Waals surface area contributed by atoms with Gasteiger partial charge in [0.2, 0.25) is 5.91 Å². The van der Waals surface area contributed by atoms with Crippen molar-refractivity contribution in [2.45, 2.75) is 31.6 Å². The molecule has 24 heteroatoms. The van der Waals surface area contributed by atoms with Gasteiger partial charge in [-0.05, 0) is 83.8 Å². The molecule has 0 atom stereocenters. The second-order valence-corrected chi connectivity index (χ2v) is 13.9. The summed E-state index contributed by atoms with van der Waals surface area (Å²) in [6.07, 6.45) is -20.6. The first kappa shape index (κ1) is 49.8. The molecule has 12 nitrogen and oxygen atoms in total. The summed E-state index contributed by atoms with van der Waals surface area (Å²) in [6, 6.07) is 7.39. The zero-order valence-corrected chi connectivity index (χ0v) is 33.1. The van der Waals surface area contributed by atoms with E-state index in [1.54, 1.807) is 0 Å². The fourth-order valence-corrected chi connectivity index (χ4v) is 6.46. The van der Waals surface area contributed by atoms with Crippen molar-refractivity contribution in [3.8, 4) is 22.3 Å². The van der Waals surface area contributed by atoms with Crippen LogP contribution in [0.4, 0.5) is 69.7 Å². The Morgan fingerprint density at radius 1 is 0.418 bits per heavy atom. The molecule has 5 rings (SSSR count). The summed E-state index contributed by atoms with van der Waals surface area (Å²) in [4.78, 5) is 74.1. The summed E-state index contributed by atoms with van der Waals surface area (Å²) in [7, 11) is 0. The van der Waals surface area contributed by atoms with Gasteiger partial charge in [-0.25, -0.2) is 14.4 Å². The van der Waals surface area contributed by atoms with E-state index in [1.165, 1.54) is 6.92 Å². The highest BCUT2D eigenvalue weighted by Crippen LogP contribution is 2.46. The highest BCUT2D eigenvalue weighted by molar-refractivity contribution is 6.17. The number of carboxylic acids is 3. The van der Waals surface area contributed by atoms with E-state index in [0.717, 1.165) is 24.3 Å². The van der Waals surface area contributed by atoms with Crippen LogP contribution in [0, 0.1) is 6.92 Å². The molecule has 0 aliphatic carbocycles. The first-order chi connectivity index (χ1) is 30.9. The predicted octanol–water partition coefficient (Wildman–Crippen LogP) is 10.9. The number of hydrogen-bond donors (Lipinski definition) is 6. The molecule has 0 heterocycles. The number of aliphatic carboxylic acids is 1. The van der Waals surface area contributed by atoms with E-state index in [2.05, 4.69) is 0 Å². The summed E-state index contributed by atoms with van der Waals surface area (Å²) in [5.41, 5.74) is -17.7. The Labute approximate surface area is 366 Å². The van der Waals surface area contributed by atoms with Crippen molar-refractivity contribution >= 4 is 52.7 Å². The number of rotatable bonds is 11. The van der Waals surface area contributed by atoms with Gasteiger partial charge in [0, 0.05) is 29.2 Å². The van der Waals surface area contributed by atoms with Crippen molar-refractivity contribution < 1.29 is 96.8 Å². The van der Waals surface area contributed by atoms with Crippen molar-refractivity contribution in [3.05, 3.63) is 147 Å². The average Bonchev–Trinajstić information content (AvgIpc) is 3.21. The van der Waals surface area contributed by atoms with E-state index in [9.17, 15) is 91.7 Å². The van der Waals surface area contributed by atoms with Gasteiger partial charge in [0.1, 0.15) is 0 Å². The molecule has 5 aromatic carbocycles. The summed E-state index contributed by atoms with van der Waals surface area (Å²) >= 11 is 0. The predicted molar refractivity (Wildman–Crippen MR) is 210 cm³/mol. The molecule has 0 fully saturated rings. The van der Waals surface area contributed by atoms with Gasteiger partial charge in [0.25, 0.3) is 11.8 Å². The fraction of sp³-hybridized carbons (Fsp3) is 0.116. The van der Waals surface area contributed by atoms with Crippen molar-refractivity contribution in [3.63, 3.8) is 0 Å². The van der Waals surface area contributed by atoms with Crippen molar-refractivity contribution in [2.24, 2.45) is 0 Å². The summed E-state index contributed by atoms with van der Waals surface area (Å²) < 4.78 is 171. The van der Waals surface area contributed by atoms with Crippen molar-refractivity contribution in [2.75, 3.05) is 16.0 Å². The van der Waals surface area contributed by atoms with Gasteiger partial charge < -0.3 is 31.3 Å². The van der Waals surface area contributed by atoms with Crippen LogP contribution in [-0.2, 0) is 34.3 Å². The zero-order chi connectivity index (χ0) is 50.1. The first-order valence-electron chi connectivity index (χ1n) is 18.2. The van der Waals surface area contributed by atoms with Gasteiger partial charge in [0.15, 0.2) is 0 Å². The number of carboxylic acid groups (broad SMARTS) is 3. The van der Waals surface area contributed by atoms with E-state index < -0.39 is 144 Å². The van der Waals surface area contributed by atoms with Crippen LogP contribution in [0.1, 0.15) is 69.2 Å². The Balaban J connectivity index is 1.55. The third-order valence-electron chi connectivity index (χ3n) is 9.30. The number of aromatic carboxylic acids is 2. The molecule has 0 spiro atoms. The Hall–Kier alpha value is -8.18. The van der Waals surface area contributed by atoms with E-state index in [0.29, 0.717) is 48.6 Å². The topological polar surface area (TPSA) is 199 Å². The smallest absolute Gasteiger partial charge is 0.417 e. The molecule has 0 radical (unpaired) electrons. The monoisotopic (exact) mass is 955 g/mol. The molecule has 3 amide bonds. The lowest BCUT2D eigenvalue weighted by molar-refractivity contribution is -0.139. The minimum Gasteiger partial charge on any atom is -0.478 e. The van der Waals surface area contributed by atoms with Crippen LogP contribution in [0.5, 0.6) is 0 Å². The zero-order valence-electron chi connectivity index (χ0n) is 33.1. The number of amides is 3. The number of anilines is 3. The highest BCUT2D eigenvalue weighted by atomic mass is 19.4. The number of carbonyl (C=O) groups is 6. The Bertz CT molecular complexity index is 2900. The lowest BCUT2D eigenvalue weighted by Gasteiger charge is -2.20. The normalized spacial score (nSPS) is 12.1. The van der Waals surface area contributed by atoms with Crippen LogP contribution < -0.4 is 16.0 Å². The van der Waals surface area contributed by atoms with Crippen LogP contribution in [0.2, 0.25) is 0 Å². The van der Waals surface area contributed by atoms with E-state index in [1.807, 2.05) is 16.0 Å². The Kier molecular flexibility index (Phi) is 13.7. The summed E-state index contributed by atoms with van der Waals surface area (Å²) in [5.74, 6) is -10.2. The standard InChI is InChI=1S/C43H25F12N3O9/c1-18-2-6-22(30(12-18)40(44,45)46)23-8-4-20(14-32(23)42(50,51)52)57-36(62)26-16-27(29(39(66)67)17-28(26)38(64)65)37(63)58-21-5-9-25(33(15-21)43(53,54)55)24-7-3-19(13-31(24)41(47,48)49)56-34(59)10-11-35(60)61/h2-17H,1H3,(H,56,59)(H,57,62)(H,58,63)(H,60,61)(H,64,65)(H,66,67)/b11-10-. The fourth-order valence-electron chi connectivity index (χ4n) is 6.46. The summed E-state index contributed by atoms with van der Waals surface area (Å²) in [6.45, 7) is 1.26. The molecule has 6 N–H and O–H groups in total. The number of benzene rings is 5. The number of aryl methyl sites for hydroxylation is 1. The van der Waals surface area contributed by atoms with Crippen molar-refractivity contribution in [1.82, 2.24) is 0 Å². The first-order valence-corrected chi connectivity index (χ1v) is 18.2. The third kappa shape index (κ3) is 11.6. The van der Waals surface area contributed by atoms with Crippen LogP contribution in [0.25, 0.3) is 22.3 Å². The van der Waals surface area contributed by atoms with Crippen LogP contribution >= 0.6 is 0 Å². The molecule has 0 aliphatic heterocycles. The van der Waals surface area contributed by atoms with Crippen molar-refractivity contribution in [1.29, 1.82) is 0 Å². The molecular formula is C43H25F12N3O9. The molecule has 0 saturated heterocycles. The molecule has 67 heavy (non-hydrogen) atoms. The maximum Gasteiger partial charge on any atom is 0.417 e. The van der Waals surface area contributed by atoms with Gasteiger partial charge in [0.05, 0.1) is 44.5 Å². The molecule has 0 bridgehead atoms. The molecule has 0 aromatic heterocycles. The molecule has 5 aromatic rings. The largest absolute Gasteiger partial charge is 0.478 e. The van der Waals surface area contributed by atoms with Crippen LogP contribution in [0.15, 0.2) is 97.1 Å². The van der Waals surface area contributed by atoms with Gasteiger partial charge in [-0.3, -0.25) is 14.4 Å². The van der Waals surface area contributed by atoms with Gasteiger partial charge in [-0.1, -0.05) is 35.9 Å². The Morgan fingerprint density at radius 3 is 1.06 bits per heavy atom. The number of nitrogens with one attached hydrogen (secondary N) is 3. The lowest BCUT2D eigenvalue weighted by Crippen LogP contribution is -2.23. The number of carbonyl (C=O) groups excluding carboxylic acids is 3. The quantitative estimate of drug-likeness (QED) is 0.0551. The van der Waals surface area contributed by atoms with E-state index >= 15 is 0 Å². The third-order valence-corrected chi connectivity index (χ3v) is 9.30. The second kappa shape index (κ2) is 18.4. The minimum absolute atomic E-state index is 0.0526. The Morgan fingerprint density at radius 2 is 0.731 bits per heavy atom. The van der Waals surface area contributed by atoms with Gasteiger partial charge >= 0.3 is 42.6 Å².